The number of ether oxygens (including phenoxy) is 1. The normalized spacial score (nSPS) is 12.0. The second-order valence-electron chi connectivity index (χ2n) is 7.14. The summed E-state index contributed by atoms with van der Waals surface area (Å²) in [5.41, 5.74) is 3.44. The maximum absolute atomic E-state index is 13.0. The average Bonchev–Trinajstić information content (AvgIpc) is 3.34. The summed E-state index contributed by atoms with van der Waals surface area (Å²) in [4.78, 5) is 25.8. The molecule has 7 nitrogen and oxygen atoms in total. The van der Waals surface area contributed by atoms with Crippen molar-refractivity contribution in [1.82, 2.24) is 15.1 Å². The van der Waals surface area contributed by atoms with Crippen LogP contribution < -0.4 is 5.32 Å². The first-order chi connectivity index (χ1) is 15.0. The summed E-state index contributed by atoms with van der Waals surface area (Å²) in [6.45, 7) is 5.59. The highest BCUT2D eigenvalue weighted by Crippen LogP contribution is 2.26. The van der Waals surface area contributed by atoms with Gasteiger partial charge in [-0.3, -0.25) is 4.79 Å². The van der Waals surface area contributed by atoms with Crippen molar-refractivity contribution >= 4 is 22.8 Å². The molecule has 4 rings (SSSR count). The van der Waals surface area contributed by atoms with Crippen molar-refractivity contribution in [3.8, 4) is 5.69 Å². The molecule has 2 heterocycles. The number of carbonyl (C=O) groups is 2. The van der Waals surface area contributed by atoms with E-state index in [-0.39, 0.29) is 12.4 Å². The fraction of sp³-hybridized carbons (Fsp3) is 0.208. The largest absolute Gasteiger partial charge is 0.464 e. The molecule has 158 valence electrons. The van der Waals surface area contributed by atoms with Crippen molar-refractivity contribution in [2.75, 3.05) is 6.61 Å². The van der Waals surface area contributed by atoms with Gasteiger partial charge in [0.05, 0.1) is 18.0 Å². The van der Waals surface area contributed by atoms with Crippen LogP contribution in [0.4, 0.5) is 0 Å². The summed E-state index contributed by atoms with van der Waals surface area (Å²) in [5.74, 6) is -0.924. The summed E-state index contributed by atoms with van der Waals surface area (Å²) in [6.07, 6.45) is 0. The standard InChI is InChI=1S/C24H23N3O4/c1-4-30-24(29)22(25-23(28)20-14-17-10-8-9-13-19(17)31-20)21-15(2)26-27(16(21)3)18-11-6-5-7-12-18/h5-14,22H,4H2,1-3H3,(H,25,28)/t22-/m1/s1. The molecule has 0 aliphatic heterocycles. The SMILES string of the molecule is CCOC(=O)[C@H](NC(=O)c1cc2ccccc2o1)c1c(C)nn(-c2ccccc2)c1C. The first-order valence-corrected chi connectivity index (χ1v) is 10.1. The third-order valence-electron chi connectivity index (χ3n) is 5.08. The van der Waals surface area contributed by atoms with Crippen molar-refractivity contribution in [1.29, 1.82) is 0 Å². The van der Waals surface area contributed by atoms with E-state index in [1.165, 1.54) is 0 Å². The summed E-state index contributed by atoms with van der Waals surface area (Å²) in [6, 6.07) is 17.6. The van der Waals surface area contributed by atoms with Crippen molar-refractivity contribution < 1.29 is 18.7 Å². The minimum atomic E-state index is -1.02. The molecule has 0 spiro atoms. The molecule has 4 aromatic rings. The molecule has 0 radical (unpaired) electrons. The van der Waals surface area contributed by atoms with E-state index in [1.807, 2.05) is 55.5 Å². The maximum atomic E-state index is 13.0. The Kier molecular flexibility index (Phi) is 5.58. The van der Waals surface area contributed by atoms with Gasteiger partial charge in [-0.25, -0.2) is 9.48 Å². The summed E-state index contributed by atoms with van der Waals surface area (Å²) >= 11 is 0. The first kappa shape index (κ1) is 20.4. The Hall–Kier alpha value is -3.87. The predicted molar refractivity (Wildman–Crippen MR) is 116 cm³/mol. The number of nitrogens with zero attached hydrogens (tertiary/aromatic N) is 2. The lowest BCUT2D eigenvalue weighted by Gasteiger charge is -2.17. The Balaban J connectivity index is 1.71. The van der Waals surface area contributed by atoms with Gasteiger partial charge in [0.15, 0.2) is 11.8 Å². The number of carbonyl (C=O) groups excluding carboxylic acids is 2. The molecule has 2 aromatic carbocycles. The number of nitrogens with one attached hydrogen (secondary N) is 1. The highest BCUT2D eigenvalue weighted by atomic mass is 16.5. The fourth-order valence-electron chi connectivity index (χ4n) is 3.66. The molecule has 1 atom stereocenters. The van der Waals surface area contributed by atoms with Crippen molar-refractivity contribution in [2.45, 2.75) is 26.8 Å². The van der Waals surface area contributed by atoms with E-state index in [2.05, 4.69) is 10.4 Å². The number of hydrogen-bond acceptors (Lipinski definition) is 5. The molecule has 1 amide bonds. The van der Waals surface area contributed by atoms with Crippen LogP contribution in [0.1, 0.15) is 40.5 Å². The van der Waals surface area contributed by atoms with E-state index in [0.29, 0.717) is 16.8 Å². The third kappa shape index (κ3) is 3.94. The van der Waals surface area contributed by atoms with Gasteiger partial charge in [0.25, 0.3) is 5.91 Å². The highest BCUT2D eigenvalue weighted by Gasteiger charge is 2.31. The molecule has 0 aliphatic carbocycles. The summed E-state index contributed by atoms with van der Waals surface area (Å²) < 4.78 is 12.7. The first-order valence-electron chi connectivity index (χ1n) is 10.1. The maximum Gasteiger partial charge on any atom is 0.333 e. The number of fused-ring (bicyclic) bond motifs is 1. The molecule has 0 saturated heterocycles. The number of aryl methyl sites for hydroxylation is 1. The smallest absolute Gasteiger partial charge is 0.333 e. The number of esters is 1. The number of rotatable bonds is 6. The number of hydrogen-bond donors (Lipinski definition) is 1. The Bertz CT molecular complexity index is 1210. The van der Waals surface area contributed by atoms with Crippen molar-refractivity contribution in [2.24, 2.45) is 0 Å². The molecule has 1 N–H and O–H groups in total. The van der Waals surface area contributed by atoms with Crippen molar-refractivity contribution in [3.05, 3.63) is 83.4 Å². The second-order valence-corrected chi connectivity index (χ2v) is 7.14. The Labute approximate surface area is 179 Å². The zero-order chi connectivity index (χ0) is 22.0. The van der Waals surface area contributed by atoms with Crippen LogP contribution in [-0.4, -0.2) is 28.3 Å². The number of benzene rings is 2. The topological polar surface area (TPSA) is 86.4 Å². The highest BCUT2D eigenvalue weighted by molar-refractivity contribution is 5.98. The van der Waals surface area contributed by atoms with E-state index >= 15 is 0 Å². The van der Waals surface area contributed by atoms with Gasteiger partial charge in [-0.15, -0.1) is 0 Å². The lowest BCUT2D eigenvalue weighted by Crippen LogP contribution is -2.35. The van der Waals surface area contributed by atoms with Gasteiger partial charge in [0.2, 0.25) is 0 Å². The average molecular weight is 417 g/mol. The number of furan rings is 1. The molecule has 31 heavy (non-hydrogen) atoms. The van der Waals surface area contributed by atoms with Gasteiger partial charge in [-0.1, -0.05) is 36.4 Å². The van der Waals surface area contributed by atoms with Crippen LogP contribution in [0.5, 0.6) is 0 Å². The second kappa shape index (κ2) is 8.47. The van der Waals surface area contributed by atoms with Crippen LogP contribution in [0.15, 0.2) is 65.1 Å². The molecule has 0 fully saturated rings. The van der Waals surface area contributed by atoms with Gasteiger partial charge < -0.3 is 14.5 Å². The van der Waals surface area contributed by atoms with E-state index in [4.69, 9.17) is 9.15 Å². The Morgan fingerprint density at radius 1 is 1.10 bits per heavy atom. The van der Waals surface area contributed by atoms with Crippen LogP contribution in [0.2, 0.25) is 0 Å². The van der Waals surface area contributed by atoms with Crippen LogP contribution in [0, 0.1) is 13.8 Å². The minimum Gasteiger partial charge on any atom is -0.464 e. The van der Waals surface area contributed by atoms with Crippen LogP contribution >= 0.6 is 0 Å². The van der Waals surface area contributed by atoms with Crippen molar-refractivity contribution in [3.63, 3.8) is 0 Å². The number of aromatic nitrogens is 2. The molecule has 0 bridgehead atoms. The van der Waals surface area contributed by atoms with E-state index in [1.54, 1.807) is 30.7 Å². The zero-order valence-electron chi connectivity index (χ0n) is 17.6. The monoisotopic (exact) mass is 417 g/mol. The lowest BCUT2D eigenvalue weighted by atomic mass is 10.0. The fourth-order valence-corrected chi connectivity index (χ4v) is 3.66. The molecule has 0 unspecified atom stereocenters. The number of para-hydroxylation sites is 2. The van der Waals surface area contributed by atoms with Gasteiger partial charge in [0, 0.05) is 16.6 Å². The molecule has 2 aromatic heterocycles. The summed E-state index contributed by atoms with van der Waals surface area (Å²) in [7, 11) is 0. The molecular weight excluding hydrogens is 394 g/mol. The molecule has 0 aliphatic rings. The number of amides is 1. The molecule has 7 heteroatoms. The van der Waals surface area contributed by atoms with Crippen LogP contribution in [-0.2, 0) is 9.53 Å². The van der Waals surface area contributed by atoms with Gasteiger partial charge in [-0.05, 0) is 45.0 Å². The van der Waals surface area contributed by atoms with Gasteiger partial charge in [0.1, 0.15) is 5.58 Å². The van der Waals surface area contributed by atoms with E-state index < -0.39 is 17.9 Å². The predicted octanol–water partition coefficient (Wildman–Crippen LogP) is 4.27. The lowest BCUT2D eigenvalue weighted by molar-refractivity contribution is -0.145. The van der Waals surface area contributed by atoms with Gasteiger partial charge >= 0.3 is 5.97 Å². The molecule has 0 saturated carbocycles. The minimum absolute atomic E-state index is 0.126. The summed E-state index contributed by atoms with van der Waals surface area (Å²) in [5, 5.41) is 8.18. The quantitative estimate of drug-likeness (QED) is 0.474. The van der Waals surface area contributed by atoms with E-state index in [9.17, 15) is 9.59 Å². The molecular formula is C24H23N3O4. The Morgan fingerprint density at radius 3 is 2.52 bits per heavy atom. The van der Waals surface area contributed by atoms with E-state index in [0.717, 1.165) is 16.8 Å². The van der Waals surface area contributed by atoms with Crippen LogP contribution in [0.3, 0.4) is 0 Å². The third-order valence-corrected chi connectivity index (χ3v) is 5.08. The van der Waals surface area contributed by atoms with Crippen LogP contribution in [0.25, 0.3) is 16.7 Å². The zero-order valence-corrected chi connectivity index (χ0v) is 17.6. The Morgan fingerprint density at radius 2 is 1.81 bits per heavy atom. The van der Waals surface area contributed by atoms with Gasteiger partial charge in [-0.2, -0.15) is 5.10 Å².